The van der Waals surface area contributed by atoms with Gasteiger partial charge in [0.15, 0.2) is 0 Å². The van der Waals surface area contributed by atoms with Crippen molar-refractivity contribution in [3.8, 4) is 11.5 Å². The standard InChI is InChI=1S/C34H35Cl2N3O5S/c1-4-21-37-34(41)25(3)38(22-30-31(35)11-8-12-32(30)36)33(40)23-39(45(42,43)29-19-13-24(2)14-20-29)26-15-17-28(18-16-26)44-27-9-6-5-7-10-27/h5-20,25H,4,21-23H2,1-3H3,(H,37,41). The average Bonchev–Trinajstić information content (AvgIpc) is 3.03. The molecule has 0 aliphatic rings. The smallest absolute Gasteiger partial charge is 0.264 e. The summed E-state index contributed by atoms with van der Waals surface area (Å²) >= 11 is 12.9. The number of benzene rings is 4. The van der Waals surface area contributed by atoms with E-state index in [0.29, 0.717) is 40.1 Å². The number of carbonyl (C=O) groups excluding carboxylic acids is 2. The second-order valence-electron chi connectivity index (χ2n) is 10.4. The Morgan fingerprint density at radius 2 is 1.44 bits per heavy atom. The zero-order valence-electron chi connectivity index (χ0n) is 25.2. The first-order chi connectivity index (χ1) is 21.5. The minimum absolute atomic E-state index is 0.0138. The molecular formula is C34H35Cl2N3O5S. The van der Waals surface area contributed by atoms with Crippen LogP contribution in [0, 0.1) is 6.92 Å². The average molecular weight is 669 g/mol. The number of nitrogens with one attached hydrogen (secondary N) is 1. The largest absolute Gasteiger partial charge is 0.457 e. The van der Waals surface area contributed by atoms with Crippen molar-refractivity contribution >= 4 is 50.7 Å². The highest BCUT2D eigenvalue weighted by molar-refractivity contribution is 7.92. The van der Waals surface area contributed by atoms with Gasteiger partial charge >= 0.3 is 0 Å². The molecule has 0 spiro atoms. The van der Waals surface area contributed by atoms with Crippen LogP contribution in [-0.4, -0.2) is 44.3 Å². The van der Waals surface area contributed by atoms with Gasteiger partial charge in [-0.05, 0) is 80.9 Å². The lowest BCUT2D eigenvalue weighted by Crippen LogP contribution is -2.51. The molecule has 0 saturated heterocycles. The Morgan fingerprint density at radius 3 is 2.04 bits per heavy atom. The molecule has 0 radical (unpaired) electrons. The van der Waals surface area contributed by atoms with E-state index >= 15 is 0 Å². The number of aryl methyl sites for hydroxylation is 1. The van der Waals surface area contributed by atoms with Crippen molar-refractivity contribution in [2.24, 2.45) is 0 Å². The summed E-state index contributed by atoms with van der Waals surface area (Å²) < 4.78 is 35.1. The quantitative estimate of drug-likeness (QED) is 0.162. The molecule has 4 rings (SSSR count). The Balaban J connectivity index is 1.72. The number of carbonyl (C=O) groups is 2. The van der Waals surface area contributed by atoms with Gasteiger partial charge < -0.3 is 15.0 Å². The van der Waals surface area contributed by atoms with Crippen LogP contribution in [0.3, 0.4) is 0 Å². The number of rotatable bonds is 13. The molecule has 45 heavy (non-hydrogen) atoms. The van der Waals surface area contributed by atoms with Crippen molar-refractivity contribution in [2.75, 3.05) is 17.4 Å². The third-order valence-electron chi connectivity index (χ3n) is 7.10. The van der Waals surface area contributed by atoms with Gasteiger partial charge in [-0.25, -0.2) is 8.42 Å². The summed E-state index contributed by atoms with van der Waals surface area (Å²) in [5.74, 6) is 0.100. The Morgan fingerprint density at radius 1 is 0.844 bits per heavy atom. The highest BCUT2D eigenvalue weighted by Gasteiger charge is 2.33. The number of sulfonamides is 1. The van der Waals surface area contributed by atoms with Gasteiger partial charge in [0.05, 0.1) is 10.6 Å². The van der Waals surface area contributed by atoms with Crippen molar-refractivity contribution in [3.63, 3.8) is 0 Å². The molecule has 0 fully saturated rings. The molecule has 0 aliphatic heterocycles. The summed E-state index contributed by atoms with van der Waals surface area (Å²) in [7, 11) is -4.23. The number of amides is 2. The molecule has 0 bridgehead atoms. The van der Waals surface area contributed by atoms with Crippen LogP contribution >= 0.6 is 23.2 Å². The van der Waals surface area contributed by atoms with Crippen LogP contribution in [0.4, 0.5) is 5.69 Å². The first-order valence-corrected chi connectivity index (χ1v) is 16.6. The van der Waals surface area contributed by atoms with Crippen LogP contribution in [0.2, 0.25) is 10.0 Å². The minimum atomic E-state index is -4.23. The predicted molar refractivity (Wildman–Crippen MR) is 178 cm³/mol. The van der Waals surface area contributed by atoms with Crippen molar-refractivity contribution in [1.29, 1.82) is 0 Å². The summed E-state index contributed by atoms with van der Waals surface area (Å²) in [6, 6.07) is 26.0. The lowest BCUT2D eigenvalue weighted by Gasteiger charge is -2.32. The maximum atomic E-state index is 14.1. The first kappa shape index (κ1) is 33.8. The Bertz CT molecular complexity index is 1700. The van der Waals surface area contributed by atoms with Gasteiger partial charge in [-0.1, -0.05) is 72.1 Å². The lowest BCUT2D eigenvalue weighted by atomic mass is 10.1. The van der Waals surface area contributed by atoms with Gasteiger partial charge in [0, 0.05) is 28.7 Å². The summed E-state index contributed by atoms with van der Waals surface area (Å²) in [5.41, 5.74) is 1.57. The molecule has 8 nitrogen and oxygen atoms in total. The highest BCUT2D eigenvalue weighted by atomic mass is 35.5. The van der Waals surface area contributed by atoms with Gasteiger partial charge in [-0.3, -0.25) is 13.9 Å². The molecule has 1 unspecified atom stereocenters. The monoisotopic (exact) mass is 667 g/mol. The number of hydrogen-bond donors (Lipinski definition) is 1. The third-order valence-corrected chi connectivity index (χ3v) is 9.59. The summed E-state index contributed by atoms with van der Waals surface area (Å²) in [6.45, 7) is 5.07. The zero-order chi connectivity index (χ0) is 32.6. The summed E-state index contributed by atoms with van der Waals surface area (Å²) in [5, 5.41) is 3.45. The van der Waals surface area contributed by atoms with Crippen molar-refractivity contribution in [1.82, 2.24) is 10.2 Å². The van der Waals surface area contributed by atoms with Gasteiger partial charge in [0.1, 0.15) is 24.1 Å². The van der Waals surface area contributed by atoms with E-state index in [9.17, 15) is 18.0 Å². The van der Waals surface area contributed by atoms with Crippen LogP contribution in [0.1, 0.15) is 31.4 Å². The number of ether oxygens (including phenoxy) is 1. The molecule has 1 N–H and O–H groups in total. The lowest BCUT2D eigenvalue weighted by molar-refractivity contribution is -0.139. The first-order valence-electron chi connectivity index (χ1n) is 14.4. The molecule has 236 valence electrons. The Kier molecular flexibility index (Phi) is 11.5. The van der Waals surface area contributed by atoms with Gasteiger partial charge in [0.2, 0.25) is 11.8 Å². The molecule has 0 saturated carbocycles. The number of hydrogen-bond acceptors (Lipinski definition) is 5. The van der Waals surface area contributed by atoms with E-state index in [1.807, 2.05) is 32.0 Å². The fourth-order valence-corrected chi connectivity index (χ4v) is 6.43. The zero-order valence-corrected chi connectivity index (χ0v) is 27.6. The molecule has 0 aromatic heterocycles. The van der Waals surface area contributed by atoms with Crippen LogP contribution in [-0.2, 0) is 26.2 Å². The second kappa shape index (κ2) is 15.3. The molecule has 11 heteroatoms. The van der Waals surface area contributed by atoms with Crippen molar-refractivity contribution in [2.45, 2.75) is 44.7 Å². The predicted octanol–water partition coefficient (Wildman–Crippen LogP) is 7.23. The highest BCUT2D eigenvalue weighted by Crippen LogP contribution is 2.30. The van der Waals surface area contributed by atoms with Crippen molar-refractivity contribution in [3.05, 3.63) is 118 Å². The molecule has 4 aromatic rings. The van der Waals surface area contributed by atoms with E-state index in [4.69, 9.17) is 27.9 Å². The number of anilines is 1. The molecule has 2 amide bonds. The van der Waals surface area contributed by atoms with Crippen LogP contribution in [0.5, 0.6) is 11.5 Å². The number of para-hydroxylation sites is 1. The van der Waals surface area contributed by atoms with E-state index in [-0.39, 0.29) is 23.0 Å². The topological polar surface area (TPSA) is 96.0 Å². The van der Waals surface area contributed by atoms with Crippen LogP contribution < -0.4 is 14.4 Å². The summed E-state index contributed by atoms with van der Waals surface area (Å²) in [4.78, 5) is 28.5. The van der Waals surface area contributed by atoms with E-state index in [0.717, 1.165) is 9.87 Å². The van der Waals surface area contributed by atoms with E-state index < -0.39 is 28.5 Å². The molecule has 4 aromatic carbocycles. The van der Waals surface area contributed by atoms with Gasteiger partial charge in [-0.15, -0.1) is 0 Å². The second-order valence-corrected chi connectivity index (χ2v) is 13.1. The fraction of sp³-hybridized carbons (Fsp3) is 0.235. The third kappa shape index (κ3) is 8.57. The number of nitrogens with zero attached hydrogens (tertiary/aromatic N) is 2. The van der Waals surface area contributed by atoms with Gasteiger partial charge in [0.25, 0.3) is 10.0 Å². The van der Waals surface area contributed by atoms with Crippen LogP contribution in [0.15, 0.2) is 102 Å². The maximum absolute atomic E-state index is 14.1. The minimum Gasteiger partial charge on any atom is -0.457 e. The molecule has 0 aliphatic carbocycles. The van der Waals surface area contributed by atoms with Crippen LogP contribution in [0.25, 0.3) is 0 Å². The normalized spacial score (nSPS) is 11.8. The van der Waals surface area contributed by atoms with E-state index in [2.05, 4.69) is 5.32 Å². The number of halogens is 2. The Hall–Kier alpha value is -4.05. The molecule has 0 heterocycles. The molecular weight excluding hydrogens is 633 g/mol. The SMILES string of the molecule is CCCNC(=O)C(C)N(Cc1c(Cl)cccc1Cl)C(=O)CN(c1ccc(Oc2ccccc2)cc1)S(=O)(=O)c1ccc(C)cc1. The Labute approximate surface area is 274 Å². The van der Waals surface area contributed by atoms with Crippen molar-refractivity contribution < 1.29 is 22.7 Å². The fourth-order valence-electron chi connectivity index (χ4n) is 4.50. The summed E-state index contributed by atoms with van der Waals surface area (Å²) in [6.07, 6.45) is 0.704. The maximum Gasteiger partial charge on any atom is 0.264 e. The van der Waals surface area contributed by atoms with Gasteiger partial charge in [-0.2, -0.15) is 0 Å². The molecule has 1 atom stereocenters. The van der Waals surface area contributed by atoms with E-state index in [1.54, 1.807) is 73.7 Å². The van der Waals surface area contributed by atoms with E-state index in [1.165, 1.54) is 17.0 Å².